The van der Waals surface area contributed by atoms with Crippen molar-refractivity contribution in [2.24, 2.45) is 0 Å². The topological polar surface area (TPSA) is 15.3 Å². The number of nitrogens with one attached hydrogen (secondary N) is 1. The number of hydrogen-bond donors (Lipinski definition) is 1. The summed E-state index contributed by atoms with van der Waals surface area (Å²) in [6.45, 7) is 2.93. The lowest BCUT2D eigenvalue weighted by molar-refractivity contribution is 0.0200. The number of piperazine rings is 1. The second kappa shape index (κ2) is 5.97. The molecular weight excluding hydrogens is 277 g/mol. The Bertz CT molecular complexity index is 504. The van der Waals surface area contributed by atoms with Crippen molar-refractivity contribution in [2.75, 3.05) is 19.6 Å². The molecule has 2 fully saturated rings. The minimum Gasteiger partial charge on any atom is -0.314 e. The Morgan fingerprint density at radius 2 is 1.71 bits per heavy atom. The first kappa shape index (κ1) is 14.9. The first-order valence-corrected chi connectivity index (χ1v) is 7.70. The second-order valence-electron chi connectivity index (χ2n) is 6.24. The quantitative estimate of drug-likeness (QED) is 0.844. The predicted molar refractivity (Wildman–Crippen MR) is 75.4 cm³/mol. The van der Waals surface area contributed by atoms with Crippen molar-refractivity contribution in [1.29, 1.82) is 0 Å². The lowest BCUT2D eigenvalue weighted by atomic mass is 9.79. The molecular formula is C16H21F3N2. The number of halogens is 3. The lowest BCUT2D eigenvalue weighted by Gasteiger charge is -2.50. The van der Waals surface area contributed by atoms with Crippen molar-refractivity contribution >= 4 is 0 Å². The molecule has 0 bridgehead atoms. The minimum atomic E-state index is -1.12. The van der Waals surface area contributed by atoms with E-state index in [0.29, 0.717) is 12.6 Å². The van der Waals surface area contributed by atoms with Crippen LogP contribution in [0.4, 0.5) is 13.2 Å². The van der Waals surface area contributed by atoms with Gasteiger partial charge in [0.1, 0.15) is 5.82 Å². The molecule has 1 spiro atoms. The molecule has 0 atom stereocenters. The second-order valence-corrected chi connectivity index (χ2v) is 6.24. The maximum Gasteiger partial charge on any atom is 0.161 e. The van der Waals surface area contributed by atoms with Crippen molar-refractivity contribution < 1.29 is 13.2 Å². The Balaban J connectivity index is 1.83. The Morgan fingerprint density at radius 3 is 2.48 bits per heavy atom. The number of hydrogen-bond acceptors (Lipinski definition) is 2. The van der Waals surface area contributed by atoms with Gasteiger partial charge in [-0.15, -0.1) is 0 Å². The van der Waals surface area contributed by atoms with Crippen molar-refractivity contribution in [3.05, 3.63) is 35.1 Å². The molecule has 2 aliphatic rings. The SMILES string of the molecule is Fc1cc(F)c(CN2CCNCC23CCCCC3)cc1F. The molecule has 0 radical (unpaired) electrons. The summed E-state index contributed by atoms with van der Waals surface area (Å²) in [7, 11) is 0. The van der Waals surface area contributed by atoms with Gasteiger partial charge in [-0.05, 0) is 18.9 Å². The molecule has 116 valence electrons. The van der Waals surface area contributed by atoms with Gasteiger partial charge >= 0.3 is 0 Å². The molecule has 21 heavy (non-hydrogen) atoms. The first-order chi connectivity index (χ1) is 10.1. The zero-order valence-electron chi connectivity index (χ0n) is 12.1. The summed E-state index contributed by atoms with van der Waals surface area (Å²) in [4.78, 5) is 2.26. The molecule has 1 aromatic rings. The Morgan fingerprint density at radius 1 is 1.00 bits per heavy atom. The van der Waals surface area contributed by atoms with Gasteiger partial charge in [0.2, 0.25) is 0 Å². The predicted octanol–water partition coefficient (Wildman–Crippen LogP) is 3.21. The molecule has 1 saturated heterocycles. The lowest BCUT2D eigenvalue weighted by Crippen LogP contribution is -2.61. The van der Waals surface area contributed by atoms with E-state index in [2.05, 4.69) is 10.2 Å². The molecule has 2 nitrogen and oxygen atoms in total. The van der Waals surface area contributed by atoms with Gasteiger partial charge in [0, 0.05) is 43.3 Å². The summed E-state index contributed by atoms with van der Waals surface area (Å²) in [6, 6.07) is 1.66. The van der Waals surface area contributed by atoms with Gasteiger partial charge in [0.15, 0.2) is 11.6 Å². The maximum absolute atomic E-state index is 13.9. The summed E-state index contributed by atoms with van der Waals surface area (Å²) < 4.78 is 40.3. The van der Waals surface area contributed by atoms with E-state index in [1.165, 1.54) is 19.3 Å². The first-order valence-electron chi connectivity index (χ1n) is 7.70. The Labute approximate surface area is 123 Å². The highest BCUT2D eigenvalue weighted by molar-refractivity contribution is 5.20. The van der Waals surface area contributed by atoms with Crippen molar-refractivity contribution in [3.8, 4) is 0 Å². The fourth-order valence-corrected chi connectivity index (χ4v) is 3.72. The molecule has 1 heterocycles. The van der Waals surface area contributed by atoms with Crippen molar-refractivity contribution in [2.45, 2.75) is 44.2 Å². The van der Waals surface area contributed by atoms with Gasteiger partial charge < -0.3 is 5.32 Å². The van der Waals surface area contributed by atoms with Crippen LogP contribution in [0.15, 0.2) is 12.1 Å². The largest absolute Gasteiger partial charge is 0.314 e. The molecule has 1 aliphatic heterocycles. The average molecular weight is 298 g/mol. The molecule has 0 aromatic heterocycles. The van der Waals surface area contributed by atoms with Gasteiger partial charge in [-0.2, -0.15) is 0 Å². The molecule has 0 unspecified atom stereocenters. The van der Waals surface area contributed by atoms with Crippen LogP contribution in [0, 0.1) is 17.5 Å². The molecule has 1 saturated carbocycles. The van der Waals surface area contributed by atoms with Crippen LogP contribution in [0.2, 0.25) is 0 Å². The number of rotatable bonds is 2. The van der Waals surface area contributed by atoms with Gasteiger partial charge in [-0.25, -0.2) is 13.2 Å². The highest BCUT2D eigenvalue weighted by Crippen LogP contribution is 2.35. The summed E-state index contributed by atoms with van der Waals surface area (Å²) in [5.74, 6) is -2.75. The zero-order valence-corrected chi connectivity index (χ0v) is 12.1. The van der Waals surface area contributed by atoms with Gasteiger partial charge in [0.25, 0.3) is 0 Å². The van der Waals surface area contributed by atoms with E-state index in [-0.39, 0.29) is 11.1 Å². The molecule has 0 amide bonds. The van der Waals surface area contributed by atoms with Crippen LogP contribution in [0.5, 0.6) is 0 Å². The fourth-order valence-electron chi connectivity index (χ4n) is 3.72. The summed E-state index contributed by atoms with van der Waals surface area (Å²) in [5.41, 5.74) is 0.300. The van der Waals surface area contributed by atoms with Crippen LogP contribution in [0.1, 0.15) is 37.7 Å². The normalized spacial score (nSPS) is 22.6. The van der Waals surface area contributed by atoms with E-state index < -0.39 is 17.5 Å². The van der Waals surface area contributed by atoms with E-state index >= 15 is 0 Å². The van der Waals surface area contributed by atoms with Gasteiger partial charge in [-0.3, -0.25) is 4.90 Å². The molecule has 5 heteroatoms. The van der Waals surface area contributed by atoms with Crippen LogP contribution in [-0.2, 0) is 6.54 Å². The van der Waals surface area contributed by atoms with E-state index in [0.717, 1.165) is 38.5 Å². The fraction of sp³-hybridized carbons (Fsp3) is 0.625. The van der Waals surface area contributed by atoms with Crippen molar-refractivity contribution in [3.63, 3.8) is 0 Å². The van der Waals surface area contributed by atoms with E-state index in [9.17, 15) is 13.2 Å². The molecule has 1 aliphatic carbocycles. The third kappa shape index (κ3) is 2.94. The van der Waals surface area contributed by atoms with Gasteiger partial charge in [0.05, 0.1) is 0 Å². The number of nitrogens with zero attached hydrogens (tertiary/aromatic N) is 1. The van der Waals surface area contributed by atoms with Crippen LogP contribution >= 0.6 is 0 Å². The molecule has 3 rings (SSSR count). The van der Waals surface area contributed by atoms with Crippen LogP contribution in [0.3, 0.4) is 0 Å². The van der Waals surface area contributed by atoms with E-state index in [1.807, 2.05) is 0 Å². The standard InChI is InChI=1S/C16H21F3N2/c17-13-9-15(19)14(18)8-12(13)10-21-7-6-20-11-16(21)4-2-1-3-5-16/h8-9,20H,1-7,10-11H2. The van der Waals surface area contributed by atoms with Gasteiger partial charge in [-0.1, -0.05) is 19.3 Å². The summed E-state index contributed by atoms with van der Waals surface area (Å²) >= 11 is 0. The summed E-state index contributed by atoms with van der Waals surface area (Å²) in [6.07, 6.45) is 5.78. The third-order valence-electron chi connectivity index (χ3n) is 4.92. The monoisotopic (exact) mass is 298 g/mol. The molecule has 1 aromatic carbocycles. The van der Waals surface area contributed by atoms with E-state index in [4.69, 9.17) is 0 Å². The smallest absolute Gasteiger partial charge is 0.161 e. The van der Waals surface area contributed by atoms with E-state index in [1.54, 1.807) is 0 Å². The van der Waals surface area contributed by atoms with Crippen LogP contribution in [0.25, 0.3) is 0 Å². The highest BCUT2D eigenvalue weighted by atomic mass is 19.2. The third-order valence-corrected chi connectivity index (χ3v) is 4.92. The molecule has 1 N–H and O–H groups in total. The average Bonchev–Trinajstić information content (AvgIpc) is 2.48. The van der Waals surface area contributed by atoms with Crippen molar-refractivity contribution in [1.82, 2.24) is 10.2 Å². The zero-order chi connectivity index (χ0) is 14.9. The highest BCUT2D eigenvalue weighted by Gasteiger charge is 2.39. The van der Waals surface area contributed by atoms with Crippen LogP contribution < -0.4 is 5.32 Å². The minimum absolute atomic E-state index is 0.0494. The Hall–Kier alpha value is -1.07. The summed E-state index contributed by atoms with van der Waals surface area (Å²) in [5, 5.41) is 3.43. The maximum atomic E-state index is 13.9. The van der Waals surface area contributed by atoms with Crippen LogP contribution in [-0.4, -0.2) is 30.1 Å². The Kier molecular flexibility index (Phi) is 4.22. The number of benzene rings is 1.